The van der Waals surface area contributed by atoms with Gasteiger partial charge in [0.05, 0.1) is 34.1 Å². The summed E-state index contributed by atoms with van der Waals surface area (Å²) in [4.78, 5) is 14.4. The molecule has 61 heavy (non-hydrogen) atoms. The topological polar surface area (TPSA) is 79.8 Å². The number of hydrogen-bond donors (Lipinski definition) is 0. The van der Waals surface area contributed by atoms with Crippen LogP contribution < -0.4 is 9.80 Å². The summed E-state index contributed by atoms with van der Waals surface area (Å²) >= 11 is 0. The first-order valence-corrected chi connectivity index (χ1v) is 20.7. The van der Waals surface area contributed by atoms with Gasteiger partial charge in [-0.1, -0.05) is 137 Å². The van der Waals surface area contributed by atoms with E-state index < -0.39 is 0 Å². The molecule has 6 heteroatoms. The van der Waals surface area contributed by atoms with Crippen molar-refractivity contribution in [1.29, 1.82) is 10.5 Å². The number of anilines is 6. The number of fused-ring (bicyclic) bond motifs is 7. The lowest BCUT2D eigenvalue weighted by Crippen LogP contribution is -2.30. The van der Waals surface area contributed by atoms with Gasteiger partial charge in [-0.05, 0) is 96.9 Å². The zero-order chi connectivity index (χ0) is 43.1. The normalized spacial score (nSPS) is 14.2. The Balaban J connectivity index is 0.000000521. The van der Waals surface area contributed by atoms with E-state index in [1.807, 2.05) is 45.1 Å². The third kappa shape index (κ3) is 6.49. The van der Waals surface area contributed by atoms with Crippen LogP contribution >= 0.6 is 0 Å². The summed E-state index contributed by atoms with van der Waals surface area (Å²) in [6.07, 6.45) is 9.58. The van der Waals surface area contributed by atoms with E-state index in [-0.39, 0.29) is 22.2 Å². The van der Waals surface area contributed by atoms with Crippen LogP contribution in [0.1, 0.15) is 82.1 Å². The number of benzene rings is 6. The molecule has 2 aliphatic heterocycles. The lowest BCUT2D eigenvalue weighted by molar-refractivity contribution is 0.632. The van der Waals surface area contributed by atoms with E-state index in [0.717, 1.165) is 56.0 Å². The van der Waals surface area contributed by atoms with Gasteiger partial charge in [-0.25, -0.2) is 9.97 Å². The number of nitriles is 2. The lowest BCUT2D eigenvalue weighted by atomic mass is 9.73. The van der Waals surface area contributed by atoms with Gasteiger partial charge in [-0.2, -0.15) is 10.5 Å². The predicted octanol–water partition coefficient (Wildman–Crippen LogP) is 14.6. The minimum absolute atomic E-state index is 0.0318. The van der Waals surface area contributed by atoms with Crippen molar-refractivity contribution in [3.63, 3.8) is 0 Å². The Labute approximate surface area is 359 Å². The molecule has 10 rings (SSSR count). The molecule has 0 saturated heterocycles. The Kier molecular flexibility index (Phi) is 10.5. The van der Waals surface area contributed by atoms with Crippen molar-refractivity contribution in [2.45, 2.75) is 59.3 Å². The Morgan fingerprint density at radius 1 is 0.525 bits per heavy atom. The Hall–Kier alpha value is -7.54. The Morgan fingerprint density at radius 2 is 0.869 bits per heavy atom. The average Bonchev–Trinajstić information content (AvgIpc) is 3.59. The van der Waals surface area contributed by atoms with Crippen molar-refractivity contribution in [1.82, 2.24) is 9.97 Å². The minimum Gasteiger partial charge on any atom is -0.310 e. The van der Waals surface area contributed by atoms with E-state index in [2.05, 4.69) is 178 Å². The molecule has 7 aromatic rings. The first-order chi connectivity index (χ1) is 29.5. The van der Waals surface area contributed by atoms with Crippen LogP contribution in [-0.4, -0.2) is 9.97 Å². The smallest absolute Gasteiger partial charge is 0.177 e. The zero-order valence-corrected chi connectivity index (χ0v) is 35.8. The van der Waals surface area contributed by atoms with Crippen LogP contribution in [0.2, 0.25) is 0 Å². The molecule has 0 radical (unpaired) electrons. The fourth-order valence-electron chi connectivity index (χ4n) is 9.11. The second kappa shape index (κ2) is 15.9. The average molecular weight is 793 g/mol. The number of para-hydroxylation sites is 4. The van der Waals surface area contributed by atoms with Gasteiger partial charge in [0.2, 0.25) is 0 Å². The SMILES string of the molecule is C/C=C\C.C=C/C=C\C.CC1(C)c2ccccc2N(c2cc3c4c(cc(N5c6ccccc6C(C)(C)c6ccccc65)cc4c2)-c2nc(C#N)c(C#N)nc2-3)c2ccccc21. The van der Waals surface area contributed by atoms with Crippen molar-refractivity contribution in [3.8, 4) is 34.7 Å². The predicted molar refractivity (Wildman–Crippen MR) is 253 cm³/mol. The maximum atomic E-state index is 10.0. The van der Waals surface area contributed by atoms with Crippen molar-refractivity contribution >= 4 is 44.9 Å². The maximum absolute atomic E-state index is 10.0. The van der Waals surface area contributed by atoms with E-state index in [1.165, 1.54) is 22.3 Å². The fourth-order valence-corrected chi connectivity index (χ4v) is 9.11. The lowest BCUT2D eigenvalue weighted by Gasteiger charge is -2.42. The summed E-state index contributed by atoms with van der Waals surface area (Å²) in [6.45, 7) is 18.6. The molecule has 0 spiro atoms. The molecule has 298 valence electrons. The summed E-state index contributed by atoms with van der Waals surface area (Å²) < 4.78 is 0. The highest BCUT2D eigenvalue weighted by Crippen LogP contribution is 2.57. The van der Waals surface area contributed by atoms with Crippen LogP contribution in [0.3, 0.4) is 0 Å². The molecule has 3 aliphatic rings. The van der Waals surface area contributed by atoms with E-state index in [4.69, 9.17) is 9.97 Å². The van der Waals surface area contributed by atoms with E-state index in [9.17, 15) is 10.5 Å². The van der Waals surface area contributed by atoms with Gasteiger partial charge in [0, 0.05) is 38.7 Å². The molecular formula is C55H48N6. The molecular weight excluding hydrogens is 745 g/mol. The maximum Gasteiger partial charge on any atom is 0.177 e. The largest absolute Gasteiger partial charge is 0.310 e. The van der Waals surface area contributed by atoms with Gasteiger partial charge in [0.25, 0.3) is 0 Å². The highest BCUT2D eigenvalue weighted by Gasteiger charge is 2.39. The van der Waals surface area contributed by atoms with Crippen LogP contribution in [-0.2, 0) is 10.8 Å². The molecule has 0 saturated carbocycles. The van der Waals surface area contributed by atoms with Crippen molar-refractivity contribution < 1.29 is 0 Å². The number of allylic oxidation sites excluding steroid dienone is 5. The summed E-state index contributed by atoms with van der Waals surface area (Å²) in [7, 11) is 0. The number of hydrogen-bond acceptors (Lipinski definition) is 6. The minimum atomic E-state index is -0.200. The second-order valence-electron chi connectivity index (χ2n) is 16.3. The highest BCUT2D eigenvalue weighted by molar-refractivity contribution is 6.17. The number of rotatable bonds is 3. The Morgan fingerprint density at radius 3 is 1.15 bits per heavy atom. The van der Waals surface area contributed by atoms with Crippen molar-refractivity contribution in [2.24, 2.45) is 0 Å². The van der Waals surface area contributed by atoms with Gasteiger partial charge in [0.1, 0.15) is 12.1 Å². The molecule has 0 atom stereocenters. The standard InChI is InChI=1S/C46H32N6.C5H8.C4H8/c1-45(2)32-13-5-9-17-38(32)51(39-18-10-6-14-33(39)45)28-21-27-22-29(24-31-42(27)30(23-28)43-44(31)50-37(26-48)36(25-47)49-43)52-40-19-11-7-15-34(40)46(3,4)35-16-8-12-20-41(35)52;1-3-5-4-2;1-3-4-2/h5-24H,1-4H3;3-5H,1H2,2H3;3-4H,1-2H3/b;5-4-;4-3-. The van der Waals surface area contributed by atoms with Crippen LogP contribution in [0.25, 0.3) is 33.3 Å². The fraction of sp³-hybridized carbons (Fsp3) is 0.164. The monoisotopic (exact) mass is 792 g/mol. The first-order valence-electron chi connectivity index (χ1n) is 20.7. The molecule has 0 fully saturated rings. The van der Waals surface area contributed by atoms with E-state index >= 15 is 0 Å². The summed E-state index contributed by atoms with van der Waals surface area (Å²) in [5.74, 6) is 0. The van der Waals surface area contributed by atoms with E-state index in [1.54, 1.807) is 6.08 Å². The Bertz CT molecular complexity index is 2730. The molecule has 1 aliphatic carbocycles. The van der Waals surface area contributed by atoms with Gasteiger partial charge in [-0.15, -0.1) is 0 Å². The quantitative estimate of drug-likeness (QED) is 0.131. The third-order valence-electron chi connectivity index (χ3n) is 12.1. The number of nitrogens with zero attached hydrogens (tertiary/aromatic N) is 6. The molecule has 6 aromatic carbocycles. The van der Waals surface area contributed by atoms with Crippen molar-refractivity contribution in [3.05, 3.63) is 192 Å². The van der Waals surface area contributed by atoms with Gasteiger partial charge < -0.3 is 9.80 Å². The van der Waals surface area contributed by atoms with Crippen LogP contribution in [0.4, 0.5) is 34.1 Å². The molecule has 6 nitrogen and oxygen atoms in total. The zero-order valence-electron chi connectivity index (χ0n) is 35.8. The number of aromatic nitrogens is 2. The molecule has 0 unspecified atom stereocenters. The molecule has 1 aromatic heterocycles. The van der Waals surface area contributed by atoms with Crippen LogP contribution in [0, 0.1) is 22.7 Å². The summed E-state index contributed by atoms with van der Waals surface area (Å²) in [5.41, 5.74) is 14.1. The first kappa shape index (κ1) is 40.2. The van der Waals surface area contributed by atoms with Crippen molar-refractivity contribution in [2.75, 3.05) is 9.80 Å². The van der Waals surface area contributed by atoms with Gasteiger partial charge in [0.15, 0.2) is 11.4 Å². The van der Waals surface area contributed by atoms with Gasteiger partial charge >= 0.3 is 0 Å². The highest BCUT2D eigenvalue weighted by atomic mass is 15.2. The van der Waals surface area contributed by atoms with Crippen LogP contribution in [0.15, 0.2) is 158 Å². The van der Waals surface area contributed by atoms with Gasteiger partial charge in [-0.3, -0.25) is 0 Å². The van der Waals surface area contributed by atoms with E-state index in [0.29, 0.717) is 11.4 Å². The summed E-state index contributed by atoms with van der Waals surface area (Å²) in [6, 6.07) is 47.7. The summed E-state index contributed by atoms with van der Waals surface area (Å²) in [5, 5.41) is 22.1. The molecule has 0 amide bonds. The molecule has 3 heterocycles. The molecule has 0 bridgehead atoms. The second-order valence-corrected chi connectivity index (χ2v) is 16.3. The third-order valence-corrected chi connectivity index (χ3v) is 12.1. The van der Waals surface area contributed by atoms with Crippen LogP contribution in [0.5, 0.6) is 0 Å². The molecule has 0 N–H and O–H groups in total.